The number of anilines is 3. The van der Waals surface area contributed by atoms with Crippen molar-refractivity contribution in [2.24, 2.45) is 0 Å². The van der Waals surface area contributed by atoms with E-state index in [4.69, 9.17) is 0 Å². The first-order valence-corrected chi connectivity index (χ1v) is 7.84. The summed E-state index contributed by atoms with van der Waals surface area (Å²) < 4.78 is 39.0. The number of carbonyl (C=O) groups excluding carboxylic acids is 1. The first kappa shape index (κ1) is 19.8. The van der Waals surface area contributed by atoms with E-state index in [1.54, 1.807) is 24.3 Å². The van der Waals surface area contributed by atoms with Crippen molar-refractivity contribution >= 4 is 23.0 Å². The number of hydrogen-bond donors (Lipinski definition) is 2. The molecule has 0 unspecified atom stereocenters. The fourth-order valence-electron chi connectivity index (χ4n) is 2.21. The zero-order chi connectivity index (χ0) is 20.0. The molecule has 1 amide bonds. The molecule has 0 saturated heterocycles. The van der Waals surface area contributed by atoms with Gasteiger partial charge in [-0.1, -0.05) is 18.2 Å². The minimum absolute atomic E-state index is 0.359. The van der Waals surface area contributed by atoms with Gasteiger partial charge in [-0.15, -0.1) is 0 Å². The second-order valence-electron chi connectivity index (χ2n) is 5.76. The summed E-state index contributed by atoms with van der Waals surface area (Å²) in [5.41, 5.74) is -0.233. The number of nitrogens with one attached hydrogen (secondary N) is 2. The zero-order valence-corrected chi connectivity index (χ0v) is 14.6. The van der Waals surface area contributed by atoms with Crippen LogP contribution in [0.3, 0.4) is 0 Å². The summed E-state index contributed by atoms with van der Waals surface area (Å²) in [5.74, 6) is -0.939. The van der Waals surface area contributed by atoms with Gasteiger partial charge < -0.3 is 15.5 Å². The van der Waals surface area contributed by atoms with Crippen LogP contribution in [0.4, 0.5) is 30.2 Å². The van der Waals surface area contributed by atoms with Crippen LogP contribution in [0.15, 0.2) is 60.3 Å². The molecule has 0 aliphatic carbocycles. The van der Waals surface area contributed by atoms with Crippen molar-refractivity contribution in [3.05, 3.63) is 65.9 Å². The van der Waals surface area contributed by atoms with Crippen LogP contribution >= 0.6 is 0 Å². The number of rotatable bonds is 5. The van der Waals surface area contributed by atoms with Crippen LogP contribution in [0.25, 0.3) is 0 Å². The molecule has 2 aromatic rings. The highest BCUT2D eigenvalue weighted by molar-refractivity contribution is 6.07. The highest BCUT2D eigenvalue weighted by atomic mass is 19.4. The van der Waals surface area contributed by atoms with E-state index in [0.29, 0.717) is 5.69 Å². The number of hydrogen-bond acceptors (Lipinski definition) is 4. The highest BCUT2D eigenvalue weighted by Gasteiger charge is 2.33. The molecule has 2 N–H and O–H groups in total. The second-order valence-corrected chi connectivity index (χ2v) is 5.76. The van der Waals surface area contributed by atoms with E-state index in [2.05, 4.69) is 10.6 Å². The lowest BCUT2D eigenvalue weighted by molar-refractivity contribution is -0.137. The van der Waals surface area contributed by atoms with E-state index in [0.717, 1.165) is 24.0 Å². The number of halogens is 3. The molecular weight excluding hydrogens is 357 g/mol. The van der Waals surface area contributed by atoms with Gasteiger partial charge in [0.1, 0.15) is 11.6 Å². The van der Waals surface area contributed by atoms with Gasteiger partial charge >= 0.3 is 6.18 Å². The molecule has 0 radical (unpaired) electrons. The Hall–Kier alpha value is -3.47. The maximum absolute atomic E-state index is 13.0. The number of benzene rings is 2. The lowest BCUT2D eigenvalue weighted by Gasteiger charge is -2.14. The summed E-state index contributed by atoms with van der Waals surface area (Å²) in [6, 6.07) is 13.4. The molecule has 0 aliphatic rings. The van der Waals surface area contributed by atoms with Crippen molar-refractivity contribution in [3.8, 4) is 6.07 Å². The van der Waals surface area contributed by atoms with Crippen molar-refractivity contribution in [1.82, 2.24) is 0 Å². The molecule has 140 valence electrons. The minimum Gasteiger partial charge on any atom is -0.378 e. The Bertz CT molecular complexity index is 898. The van der Waals surface area contributed by atoms with Crippen molar-refractivity contribution < 1.29 is 18.0 Å². The van der Waals surface area contributed by atoms with Crippen LogP contribution in [0.5, 0.6) is 0 Å². The van der Waals surface area contributed by atoms with Crippen LogP contribution < -0.4 is 15.5 Å². The van der Waals surface area contributed by atoms with Gasteiger partial charge in [-0.3, -0.25) is 4.79 Å². The smallest absolute Gasteiger partial charge is 0.378 e. The van der Waals surface area contributed by atoms with E-state index in [1.807, 2.05) is 25.1 Å². The Morgan fingerprint density at radius 1 is 1.15 bits per heavy atom. The molecule has 0 aliphatic heterocycles. The highest BCUT2D eigenvalue weighted by Crippen LogP contribution is 2.34. The van der Waals surface area contributed by atoms with Crippen molar-refractivity contribution in [1.29, 1.82) is 5.26 Å². The van der Waals surface area contributed by atoms with E-state index in [9.17, 15) is 23.2 Å². The normalized spacial score (nSPS) is 11.5. The molecule has 0 saturated carbocycles. The summed E-state index contributed by atoms with van der Waals surface area (Å²) in [4.78, 5) is 14.1. The molecule has 27 heavy (non-hydrogen) atoms. The molecule has 8 heteroatoms. The number of nitriles is 1. The van der Waals surface area contributed by atoms with Gasteiger partial charge in [0.2, 0.25) is 0 Å². The number of nitrogens with zero attached hydrogens (tertiary/aromatic N) is 2. The van der Waals surface area contributed by atoms with Crippen LogP contribution in [0, 0.1) is 11.3 Å². The van der Waals surface area contributed by atoms with Gasteiger partial charge in [-0.2, -0.15) is 18.4 Å². The number of amides is 1. The van der Waals surface area contributed by atoms with Crippen LogP contribution in [-0.4, -0.2) is 20.0 Å². The Kier molecular flexibility index (Phi) is 6.08. The number of para-hydroxylation sites is 1. The van der Waals surface area contributed by atoms with E-state index >= 15 is 0 Å². The largest absolute Gasteiger partial charge is 0.418 e. The average molecular weight is 374 g/mol. The third-order valence-electron chi connectivity index (χ3n) is 3.59. The van der Waals surface area contributed by atoms with Gasteiger partial charge in [0.25, 0.3) is 5.91 Å². The molecule has 0 spiro atoms. The number of alkyl halides is 3. The SMILES string of the molecule is CN(C)c1cccc(N/C=C(/C#N)C(=O)Nc2ccccc2C(F)(F)F)c1. The predicted molar refractivity (Wildman–Crippen MR) is 98.2 cm³/mol. The fraction of sp³-hybridized carbons (Fsp3) is 0.158. The van der Waals surface area contributed by atoms with E-state index in [-0.39, 0.29) is 5.57 Å². The van der Waals surface area contributed by atoms with Gasteiger partial charge in [-0.25, -0.2) is 0 Å². The Morgan fingerprint density at radius 2 is 1.85 bits per heavy atom. The molecule has 0 heterocycles. The summed E-state index contributed by atoms with van der Waals surface area (Å²) in [6.45, 7) is 0. The topological polar surface area (TPSA) is 68.2 Å². The van der Waals surface area contributed by atoms with Crippen molar-refractivity contribution in [2.75, 3.05) is 29.6 Å². The van der Waals surface area contributed by atoms with Crippen LogP contribution in [0.2, 0.25) is 0 Å². The van der Waals surface area contributed by atoms with Crippen molar-refractivity contribution in [2.45, 2.75) is 6.18 Å². The monoisotopic (exact) mass is 374 g/mol. The Labute approximate surface area is 154 Å². The number of carbonyl (C=O) groups is 1. The zero-order valence-electron chi connectivity index (χ0n) is 14.6. The molecule has 0 atom stereocenters. The maximum Gasteiger partial charge on any atom is 0.418 e. The molecule has 0 aromatic heterocycles. The summed E-state index contributed by atoms with van der Waals surface area (Å²) in [5, 5.41) is 14.1. The van der Waals surface area contributed by atoms with Crippen LogP contribution in [0.1, 0.15) is 5.56 Å². The maximum atomic E-state index is 13.0. The fourth-order valence-corrected chi connectivity index (χ4v) is 2.21. The summed E-state index contributed by atoms with van der Waals surface area (Å²) in [7, 11) is 3.72. The average Bonchev–Trinajstić information content (AvgIpc) is 2.62. The van der Waals surface area contributed by atoms with Crippen LogP contribution in [-0.2, 0) is 11.0 Å². The molecule has 2 rings (SSSR count). The standard InChI is InChI=1S/C19H17F3N4O/c1-26(2)15-7-5-6-14(10-15)24-12-13(11-23)18(27)25-17-9-4-3-8-16(17)19(20,21)22/h3-10,12,24H,1-2H3,(H,25,27)/b13-12-. The minimum atomic E-state index is -4.62. The second kappa shape index (κ2) is 8.27. The predicted octanol–water partition coefficient (Wildman–Crippen LogP) is 4.23. The van der Waals surface area contributed by atoms with Gasteiger partial charge in [0, 0.05) is 31.7 Å². The van der Waals surface area contributed by atoms with E-state index < -0.39 is 23.3 Å². The molecule has 0 bridgehead atoms. The van der Waals surface area contributed by atoms with E-state index in [1.165, 1.54) is 12.1 Å². The quantitative estimate of drug-likeness (QED) is 0.607. The Morgan fingerprint density at radius 3 is 2.48 bits per heavy atom. The molecular formula is C19H17F3N4O. The summed E-state index contributed by atoms with van der Waals surface area (Å²) in [6.07, 6.45) is -3.47. The molecule has 5 nitrogen and oxygen atoms in total. The van der Waals surface area contributed by atoms with Gasteiger partial charge in [0.15, 0.2) is 0 Å². The first-order chi connectivity index (χ1) is 12.7. The lowest BCUT2D eigenvalue weighted by atomic mass is 10.1. The van der Waals surface area contributed by atoms with Crippen molar-refractivity contribution in [3.63, 3.8) is 0 Å². The molecule has 0 fully saturated rings. The Balaban J connectivity index is 2.19. The summed E-state index contributed by atoms with van der Waals surface area (Å²) >= 11 is 0. The van der Waals surface area contributed by atoms with Gasteiger partial charge in [0.05, 0.1) is 11.3 Å². The molecule has 2 aromatic carbocycles. The lowest BCUT2D eigenvalue weighted by Crippen LogP contribution is -2.18. The van der Waals surface area contributed by atoms with Gasteiger partial charge in [-0.05, 0) is 30.3 Å². The third kappa shape index (κ3) is 5.25. The third-order valence-corrected chi connectivity index (χ3v) is 3.59. The first-order valence-electron chi connectivity index (χ1n) is 7.84.